The maximum Gasteiger partial charge on any atom is 0.266 e. The molecule has 0 bridgehead atoms. The number of thioether (sulfide) groups is 1. The number of morpholine rings is 2. The SMILES string of the molecule is Nc1c(C(=O)N2CCOCC2)sc2nc(SCC(=O)N3CCOCC3)nc(N3CCCC3)c12. The van der Waals surface area contributed by atoms with E-state index in [4.69, 9.17) is 25.2 Å². The van der Waals surface area contributed by atoms with Crippen LogP contribution in [0.1, 0.15) is 22.5 Å². The zero-order valence-corrected chi connectivity index (χ0v) is 20.1. The van der Waals surface area contributed by atoms with Gasteiger partial charge in [0, 0.05) is 39.3 Å². The van der Waals surface area contributed by atoms with Crippen LogP contribution < -0.4 is 10.6 Å². The molecular formula is C21H28N6O4S2. The number of carbonyl (C=O) groups is 2. The van der Waals surface area contributed by atoms with Crippen LogP contribution in [0.2, 0.25) is 0 Å². The van der Waals surface area contributed by atoms with E-state index in [9.17, 15) is 9.59 Å². The Balaban J connectivity index is 1.44. The monoisotopic (exact) mass is 492 g/mol. The molecule has 0 saturated carbocycles. The van der Waals surface area contributed by atoms with Crippen molar-refractivity contribution in [3.63, 3.8) is 0 Å². The van der Waals surface area contributed by atoms with Gasteiger partial charge in [0.05, 0.1) is 43.3 Å². The largest absolute Gasteiger partial charge is 0.397 e. The summed E-state index contributed by atoms with van der Waals surface area (Å²) in [4.78, 5) is 42.3. The van der Waals surface area contributed by atoms with E-state index in [1.165, 1.54) is 23.1 Å². The Labute approximate surface area is 200 Å². The molecule has 3 aliphatic rings. The highest BCUT2D eigenvalue weighted by Gasteiger charge is 2.28. The van der Waals surface area contributed by atoms with Gasteiger partial charge in [0.15, 0.2) is 5.16 Å². The van der Waals surface area contributed by atoms with Gasteiger partial charge >= 0.3 is 0 Å². The Morgan fingerprint density at radius 2 is 1.58 bits per heavy atom. The molecule has 2 aromatic heterocycles. The molecule has 0 atom stereocenters. The standard InChI is InChI=1S/C21H28N6O4S2/c22-16-15-18(26-3-1-2-4-26)23-21(32-13-14(28)25-5-9-30-10-6-25)24-19(15)33-17(16)20(29)27-7-11-31-12-8-27/h1-13,22H2. The fourth-order valence-electron chi connectivity index (χ4n) is 4.31. The molecule has 2 N–H and O–H groups in total. The highest BCUT2D eigenvalue weighted by Crippen LogP contribution is 2.40. The molecule has 10 nitrogen and oxygen atoms in total. The van der Waals surface area contributed by atoms with Crippen molar-refractivity contribution in [1.29, 1.82) is 0 Å². The van der Waals surface area contributed by atoms with E-state index in [0.717, 1.165) is 37.1 Å². The number of hydrogen-bond acceptors (Lipinski definition) is 10. The summed E-state index contributed by atoms with van der Waals surface area (Å²) in [6, 6.07) is 0. The molecule has 178 valence electrons. The average molecular weight is 493 g/mol. The highest BCUT2D eigenvalue weighted by molar-refractivity contribution is 7.99. The Morgan fingerprint density at radius 3 is 2.24 bits per heavy atom. The molecule has 3 aliphatic heterocycles. The number of rotatable bonds is 5. The number of nitrogens with two attached hydrogens (primary N) is 1. The lowest BCUT2D eigenvalue weighted by atomic mass is 10.2. The van der Waals surface area contributed by atoms with Crippen LogP contribution in [-0.4, -0.2) is 103 Å². The number of thiophene rings is 1. The molecule has 3 fully saturated rings. The normalized spacial score (nSPS) is 19.5. The minimum absolute atomic E-state index is 0.0589. The number of fused-ring (bicyclic) bond motifs is 1. The Bertz CT molecular complexity index is 1030. The smallest absolute Gasteiger partial charge is 0.266 e. The summed E-state index contributed by atoms with van der Waals surface area (Å²) < 4.78 is 10.7. The summed E-state index contributed by atoms with van der Waals surface area (Å²) in [6.07, 6.45) is 2.18. The van der Waals surface area contributed by atoms with E-state index in [1.54, 1.807) is 4.90 Å². The van der Waals surface area contributed by atoms with Gasteiger partial charge in [0.25, 0.3) is 5.91 Å². The number of aromatic nitrogens is 2. The topological polar surface area (TPSA) is 114 Å². The molecule has 3 saturated heterocycles. The molecule has 5 heterocycles. The third-order valence-electron chi connectivity index (χ3n) is 6.14. The van der Waals surface area contributed by atoms with Crippen molar-refractivity contribution in [2.45, 2.75) is 18.0 Å². The zero-order valence-electron chi connectivity index (χ0n) is 18.5. The molecule has 5 rings (SSSR count). The fraction of sp³-hybridized carbons (Fsp3) is 0.619. The number of anilines is 2. The van der Waals surface area contributed by atoms with Crippen molar-refractivity contribution in [2.75, 3.05) is 82.1 Å². The molecule has 0 unspecified atom stereocenters. The van der Waals surface area contributed by atoms with Crippen LogP contribution in [0.4, 0.5) is 11.5 Å². The lowest BCUT2D eigenvalue weighted by Crippen LogP contribution is -2.41. The van der Waals surface area contributed by atoms with Crippen molar-refractivity contribution in [3.8, 4) is 0 Å². The Hall–Kier alpha value is -2.15. The van der Waals surface area contributed by atoms with Crippen molar-refractivity contribution in [3.05, 3.63) is 4.88 Å². The van der Waals surface area contributed by atoms with E-state index < -0.39 is 0 Å². The Kier molecular flexibility index (Phi) is 6.86. The van der Waals surface area contributed by atoms with E-state index in [0.29, 0.717) is 73.2 Å². The number of nitrogen functional groups attached to an aromatic ring is 1. The molecule has 0 aliphatic carbocycles. The number of hydrogen-bond donors (Lipinski definition) is 1. The van der Waals surface area contributed by atoms with Crippen LogP contribution in [0.15, 0.2) is 5.16 Å². The van der Waals surface area contributed by atoms with Gasteiger partial charge in [-0.1, -0.05) is 11.8 Å². The maximum atomic E-state index is 13.2. The summed E-state index contributed by atoms with van der Waals surface area (Å²) in [5.74, 6) is 1.02. The lowest BCUT2D eigenvalue weighted by Gasteiger charge is -2.26. The first-order chi connectivity index (χ1) is 16.1. The van der Waals surface area contributed by atoms with Gasteiger partial charge in [-0.05, 0) is 12.8 Å². The van der Waals surface area contributed by atoms with Crippen molar-refractivity contribution in [1.82, 2.24) is 19.8 Å². The lowest BCUT2D eigenvalue weighted by molar-refractivity contribution is -0.132. The number of ether oxygens (including phenoxy) is 2. The van der Waals surface area contributed by atoms with Crippen LogP contribution >= 0.6 is 23.1 Å². The van der Waals surface area contributed by atoms with Gasteiger partial charge in [0.2, 0.25) is 5.91 Å². The van der Waals surface area contributed by atoms with Gasteiger partial charge in [-0.2, -0.15) is 0 Å². The number of nitrogens with zero attached hydrogens (tertiary/aromatic N) is 5. The molecule has 2 aromatic rings. The maximum absolute atomic E-state index is 13.2. The summed E-state index contributed by atoms with van der Waals surface area (Å²) in [7, 11) is 0. The van der Waals surface area contributed by atoms with Crippen LogP contribution in [-0.2, 0) is 14.3 Å². The third-order valence-corrected chi connectivity index (χ3v) is 8.06. The molecule has 2 amide bonds. The van der Waals surface area contributed by atoms with Gasteiger partial charge < -0.3 is 29.9 Å². The molecule has 0 spiro atoms. The van der Waals surface area contributed by atoms with Gasteiger partial charge in [-0.25, -0.2) is 9.97 Å². The quantitative estimate of drug-likeness (QED) is 0.487. The van der Waals surface area contributed by atoms with Crippen LogP contribution in [0.3, 0.4) is 0 Å². The van der Waals surface area contributed by atoms with Crippen LogP contribution in [0.5, 0.6) is 0 Å². The predicted molar refractivity (Wildman–Crippen MR) is 128 cm³/mol. The fourth-order valence-corrected chi connectivity index (χ4v) is 6.16. The molecule has 33 heavy (non-hydrogen) atoms. The number of amides is 2. The number of carbonyl (C=O) groups excluding carboxylic acids is 2. The van der Waals surface area contributed by atoms with Crippen molar-refractivity contribution < 1.29 is 19.1 Å². The van der Waals surface area contributed by atoms with Crippen molar-refractivity contribution >= 4 is 56.6 Å². The van der Waals surface area contributed by atoms with E-state index >= 15 is 0 Å². The first-order valence-electron chi connectivity index (χ1n) is 11.3. The Morgan fingerprint density at radius 1 is 0.939 bits per heavy atom. The summed E-state index contributed by atoms with van der Waals surface area (Å²) in [5, 5.41) is 1.29. The third kappa shape index (κ3) is 4.75. The molecule has 12 heteroatoms. The first-order valence-corrected chi connectivity index (χ1v) is 13.1. The van der Waals surface area contributed by atoms with E-state index in [1.807, 2.05) is 4.90 Å². The van der Waals surface area contributed by atoms with Gasteiger partial charge in [-0.3, -0.25) is 9.59 Å². The second kappa shape index (κ2) is 10.00. The van der Waals surface area contributed by atoms with E-state index in [2.05, 4.69) is 4.90 Å². The van der Waals surface area contributed by atoms with Crippen LogP contribution in [0.25, 0.3) is 10.2 Å². The highest BCUT2D eigenvalue weighted by atomic mass is 32.2. The minimum Gasteiger partial charge on any atom is -0.397 e. The summed E-state index contributed by atoms with van der Waals surface area (Å²) in [5.41, 5.74) is 6.98. The average Bonchev–Trinajstić information content (AvgIpc) is 3.51. The predicted octanol–water partition coefficient (Wildman–Crippen LogP) is 1.30. The summed E-state index contributed by atoms with van der Waals surface area (Å²) in [6.45, 7) is 6.36. The van der Waals surface area contributed by atoms with Crippen LogP contribution in [0, 0.1) is 0 Å². The minimum atomic E-state index is -0.0807. The van der Waals surface area contributed by atoms with Crippen molar-refractivity contribution in [2.24, 2.45) is 0 Å². The molecule has 0 radical (unpaired) electrons. The second-order valence-corrected chi connectivity index (χ2v) is 10.2. The first kappa shape index (κ1) is 22.6. The van der Waals surface area contributed by atoms with Gasteiger partial charge in [0.1, 0.15) is 15.5 Å². The molecule has 0 aromatic carbocycles. The van der Waals surface area contributed by atoms with Gasteiger partial charge in [-0.15, -0.1) is 11.3 Å². The summed E-state index contributed by atoms with van der Waals surface area (Å²) >= 11 is 2.65. The van der Waals surface area contributed by atoms with E-state index in [-0.39, 0.29) is 17.6 Å². The second-order valence-electron chi connectivity index (χ2n) is 8.24. The molecular weight excluding hydrogens is 464 g/mol. The zero-order chi connectivity index (χ0) is 22.8.